The highest BCUT2D eigenvalue weighted by molar-refractivity contribution is 5.79. The molecule has 1 aliphatic heterocycles. The Hall–Kier alpha value is -1.09. The van der Waals surface area contributed by atoms with Gasteiger partial charge in [-0.3, -0.25) is 4.79 Å². The lowest BCUT2D eigenvalue weighted by Gasteiger charge is -2.24. The summed E-state index contributed by atoms with van der Waals surface area (Å²) in [6.45, 7) is 6.19. The molecule has 0 spiro atoms. The van der Waals surface area contributed by atoms with Gasteiger partial charge in [-0.15, -0.1) is 0 Å². The second kappa shape index (κ2) is 5.27. The van der Waals surface area contributed by atoms with Gasteiger partial charge in [0.15, 0.2) is 0 Å². The van der Waals surface area contributed by atoms with Crippen molar-refractivity contribution in [2.45, 2.75) is 58.2 Å². The summed E-state index contributed by atoms with van der Waals surface area (Å²) >= 11 is 0. The first-order chi connectivity index (χ1) is 8.48. The van der Waals surface area contributed by atoms with Crippen molar-refractivity contribution in [3.05, 3.63) is 24.2 Å². The molecule has 0 N–H and O–H groups in total. The van der Waals surface area contributed by atoms with Crippen LogP contribution in [-0.4, -0.2) is 11.4 Å². The van der Waals surface area contributed by atoms with E-state index in [0.717, 1.165) is 18.4 Å². The zero-order valence-corrected chi connectivity index (χ0v) is 11.4. The molecule has 0 bridgehead atoms. The molecule has 0 saturated carbocycles. The van der Waals surface area contributed by atoms with Gasteiger partial charge < -0.3 is 9.15 Å². The first-order valence-electron chi connectivity index (χ1n) is 6.70. The lowest BCUT2D eigenvalue weighted by Crippen LogP contribution is -2.27. The van der Waals surface area contributed by atoms with E-state index in [9.17, 15) is 4.79 Å². The number of carbonyl (C=O) groups excluding carboxylic acids is 1. The molecule has 3 nitrogen and oxygen atoms in total. The Bertz CT molecular complexity index is 394. The van der Waals surface area contributed by atoms with Gasteiger partial charge in [0.2, 0.25) is 0 Å². The molecule has 1 aliphatic rings. The van der Waals surface area contributed by atoms with Gasteiger partial charge in [-0.2, -0.15) is 0 Å². The minimum atomic E-state index is -0.298. The summed E-state index contributed by atoms with van der Waals surface area (Å²) in [7, 11) is 0. The second-order valence-corrected chi connectivity index (χ2v) is 5.97. The maximum Gasteiger partial charge on any atom is 0.136 e. The molecule has 18 heavy (non-hydrogen) atoms. The van der Waals surface area contributed by atoms with Crippen molar-refractivity contribution in [1.29, 1.82) is 0 Å². The Kier molecular flexibility index (Phi) is 3.91. The third-order valence-electron chi connectivity index (χ3n) is 3.48. The molecule has 2 heterocycles. The fraction of sp³-hybridized carbons (Fsp3) is 0.667. The number of furan rings is 1. The predicted octanol–water partition coefficient (Wildman–Crippen LogP) is 3.90. The number of ether oxygens (including phenoxy) is 1. The molecule has 1 saturated heterocycles. The maximum atomic E-state index is 11.9. The first-order valence-corrected chi connectivity index (χ1v) is 6.70. The summed E-state index contributed by atoms with van der Waals surface area (Å²) < 4.78 is 11.1. The average molecular weight is 250 g/mol. The zero-order chi connectivity index (χ0) is 13.2. The standard InChI is InChI=1S/C15H22O3/c1-11(2)8-13(16)9-15(3)6-4-14(18-15)12-5-7-17-10-12/h5,7,10-11,14H,4,6,8-9H2,1-3H3/t14-,15+/m0/s1. The third kappa shape index (κ3) is 3.22. The van der Waals surface area contributed by atoms with Crippen LogP contribution in [-0.2, 0) is 9.53 Å². The van der Waals surface area contributed by atoms with Gasteiger partial charge in [0.05, 0.1) is 24.2 Å². The number of Topliss-reactive ketones (excluding diaryl/α,β-unsaturated/α-hetero) is 1. The fourth-order valence-corrected chi connectivity index (χ4v) is 2.67. The van der Waals surface area contributed by atoms with Crippen molar-refractivity contribution in [3.8, 4) is 0 Å². The third-order valence-corrected chi connectivity index (χ3v) is 3.48. The molecule has 0 amide bonds. The summed E-state index contributed by atoms with van der Waals surface area (Å²) in [4.78, 5) is 11.9. The number of rotatable bonds is 5. The zero-order valence-electron chi connectivity index (χ0n) is 11.4. The van der Waals surface area contributed by atoms with E-state index in [1.807, 2.05) is 13.0 Å². The molecule has 100 valence electrons. The van der Waals surface area contributed by atoms with Crippen LogP contribution in [0.25, 0.3) is 0 Å². The number of ketones is 1. The van der Waals surface area contributed by atoms with Crippen LogP contribution in [0, 0.1) is 5.92 Å². The summed E-state index contributed by atoms with van der Waals surface area (Å²) in [6.07, 6.45) is 6.55. The van der Waals surface area contributed by atoms with E-state index in [1.165, 1.54) is 0 Å². The SMILES string of the molecule is CC(C)CC(=O)C[C@@]1(C)CC[C@@H](c2ccoc2)O1. The molecule has 0 unspecified atom stereocenters. The summed E-state index contributed by atoms with van der Waals surface area (Å²) in [5.41, 5.74) is 0.781. The topological polar surface area (TPSA) is 39.4 Å². The van der Waals surface area contributed by atoms with Gasteiger partial charge >= 0.3 is 0 Å². The monoisotopic (exact) mass is 250 g/mol. The molecular formula is C15H22O3. The largest absolute Gasteiger partial charge is 0.472 e. The Morgan fingerprint density at radius 1 is 1.56 bits per heavy atom. The van der Waals surface area contributed by atoms with Gasteiger partial charge in [-0.1, -0.05) is 13.8 Å². The molecule has 0 aromatic carbocycles. The van der Waals surface area contributed by atoms with Crippen molar-refractivity contribution in [2.75, 3.05) is 0 Å². The van der Waals surface area contributed by atoms with Crippen LogP contribution in [0.15, 0.2) is 23.0 Å². The van der Waals surface area contributed by atoms with Gasteiger partial charge in [-0.05, 0) is 31.7 Å². The maximum absolute atomic E-state index is 11.9. The highest BCUT2D eigenvalue weighted by Crippen LogP contribution is 2.41. The van der Waals surface area contributed by atoms with E-state index in [-0.39, 0.29) is 11.7 Å². The Balaban J connectivity index is 1.92. The van der Waals surface area contributed by atoms with Gasteiger partial charge in [-0.25, -0.2) is 0 Å². The normalized spacial score (nSPS) is 27.9. The van der Waals surface area contributed by atoms with E-state index >= 15 is 0 Å². The van der Waals surface area contributed by atoms with Gasteiger partial charge in [0.25, 0.3) is 0 Å². The molecular weight excluding hydrogens is 228 g/mol. The average Bonchev–Trinajstić information content (AvgIpc) is 2.84. The number of hydrogen-bond donors (Lipinski definition) is 0. The van der Waals surface area contributed by atoms with E-state index in [0.29, 0.717) is 24.5 Å². The van der Waals surface area contributed by atoms with Crippen molar-refractivity contribution < 1.29 is 13.9 Å². The van der Waals surface area contributed by atoms with Crippen molar-refractivity contribution in [1.82, 2.24) is 0 Å². The summed E-state index contributed by atoms with van der Waals surface area (Å²) in [6, 6.07) is 1.94. The Morgan fingerprint density at radius 3 is 2.94 bits per heavy atom. The van der Waals surface area contributed by atoms with Crippen molar-refractivity contribution >= 4 is 5.78 Å². The van der Waals surface area contributed by atoms with Crippen LogP contribution in [0.4, 0.5) is 0 Å². The molecule has 2 atom stereocenters. The van der Waals surface area contributed by atoms with Crippen LogP contribution in [0.1, 0.15) is 58.1 Å². The van der Waals surface area contributed by atoms with E-state index in [4.69, 9.17) is 9.15 Å². The highest BCUT2D eigenvalue weighted by Gasteiger charge is 2.38. The minimum Gasteiger partial charge on any atom is -0.472 e. The van der Waals surface area contributed by atoms with Gasteiger partial charge in [0.1, 0.15) is 5.78 Å². The van der Waals surface area contributed by atoms with E-state index in [2.05, 4.69) is 13.8 Å². The molecule has 1 aromatic rings. The van der Waals surface area contributed by atoms with Crippen LogP contribution in [0.3, 0.4) is 0 Å². The molecule has 1 fully saturated rings. The van der Waals surface area contributed by atoms with Crippen LogP contribution in [0.5, 0.6) is 0 Å². The highest BCUT2D eigenvalue weighted by atomic mass is 16.5. The van der Waals surface area contributed by atoms with Crippen LogP contribution < -0.4 is 0 Å². The van der Waals surface area contributed by atoms with E-state index < -0.39 is 0 Å². The predicted molar refractivity (Wildman–Crippen MR) is 69.3 cm³/mol. The fourth-order valence-electron chi connectivity index (χ4n) is 2.67. The second-order valence-electron chi connectivity index (χ2n) is 5.97. The lowest BCUT2D eigenvalue weighted by atomic mass is 9.92. The van der Waals surface area contributed by atoms with Crippen molar-refractivity contribution in [2.24, 2.45) is 5.92 Å². The minimum absolute atomic E-state index is 0.0839. The van der Waals surface area contributed by atoms with Gasteiger partial charge in [0, 0.05) is 18.4 Å². The van der Waals surface area contributed by atoms with E-state index in [1.54, 1.807) is 12.5 Å². The number of hydrogen-bond acceptors (Lipinski definition) is 3. The smallest absolute Gasteiger partial charge is 0.136 e. The first kappa shape index (κ1) is 13.3. The molecule has 0 aliphatic carbocycles. The Morgan fingerprint density at radius 2 is 2.33 bits per heavy atom. The number of carbonyl (C=O) groups is 1. The lowest BCUT2D eigenvalue weighted by molar-refractivity contribution is -0.126. The van der Waals surface area contributed by atoms with Crippen LogP contribution in [0.2, 0.25) is 0 Å². The molecule has 1 aromatic heterocycles. The van der Waals surface area contributed by atoms with Crippen LogP contribution >= 0.6 is 0 Å². The molecule has 2 rings (SSSR count). The summed E-state index contributed by atoms with van der Waals surface area (Å²) in [5, 5.41) is 0. The molecule has 3 heteroatoms. The quantitative estimate of drug-likeness (QED) is 0.795. The molecule has 0 radical (unpaired) electrons. The summed E-state index contributed by atoms with van der Waals surface area (Å²) in [5.74, 6) is 0.729. The Labute approximate surface area is 109 Å². The van der Waals surface area contributed by atoms with Crippen molar-refractivity contribution in [3.63, 3.8) is 0 Å².